The molecule has 1 aromatic heterocycles. The van der Waals surface area contributed by atoms with E-state index in [1.807, 2.05) is 30.3 Å². The maximum Gasteiger partial charge on any atom is 0.240 e. The van der Waals surface area contributed by atoms with Crippen LogP contribution in [0.25, 0.3) is 0 Å². The number of imidazole rings is 1. The van der Waals surface area contributed by atoms with Gasteiger partial charge in [0.2, 0.25) is 18.6 Å². The van der Waals surface area contributed by atoms with Crippen molar-refractivity contribution >= 4 is 29.3 Å². The average molecular weight is 455 g/mol. The van der Waals surface area contributed by atoms with Crippen molar-refractivity contribution in [3.8, 4) is 11.5 Å². The second kappa shape index (κ2) is 10.2. The SMILES string of the molecule is O=C(Cn1c(CO)cnc1SCC(=O)Nc1ccc2c(c1)OCO2)NCc1ccccc1. The van der Waals surface area contributed by atoms with Crippen LogP contribution < -0.4 is 20.1 Å². The van der Waals surface area contributed by atoms with Crippen molar-refractivity contribution in [2.75, 3.05) is 17.9 Å². The first-order valence-corrected chi connectivity index (χ1v) is 10.9. The van der Waals surface area contributed by atoms with Gasteiger partial charge in [0.15, 0.2) is 16.7 Å². The largest absolute Gasteiger partial charge is 0.454 e. The van der Waals surface area contributed by atoms with Gasteiger partial charge >= 0.3 is 0 Å². The zero-order chi connectivity index (χ0) is 22.3. The molecule has 2 heterocycles. The van der Waals surface area contributed by atoms with Crippen LogP contribution >= 0.6 is 11.8 Å². The second-order valence-electron chi connectivity index (χ2n) is 6.94. The highest BCUT2D eigenvalue weighted by Crippen LogP contribution is 2.34. The van der Waals surface area contributed by atoms with Crippen LogP contribution in [0.15, 0.2) is 59.9 Å². The first kappa shape index (κ1) is 21.7. The van der Waals surface area contributed by atoms with Gasteiger partial charge in [-0.05, 0) is 17.7 Å². The van der Waals surface area contributed by atoms with E-state index in [1.165, 1.54) is 18.0 Å². The quantitative estimate of drug-likeness (QED) is 0.425. The van der Waals surface area contributed by atoms with Gasteiger partial charge in [-0.25, -0.2) is 4.98 Å². The fourth-order valence-electron chi connectivity index (χ4n) is 3.10. The normalized spacial score (nSPS) is 11.9. The molecule has 3 aromatic rings. The Kier molecular flexibility index (Phi) is 6.93. The number of ether oxygens (including phenoxy) is 2. The Morgan fingerprint density at radius 2 is 1.91 bits per heavy atom. The maximum absolute atomic E-state index is 12.4. The number of aliphatic hydroxyl groups is 1. The van der Waals surface area contributed by atoms with Crippen LogP contribution in [-0.2, 0) is 29.3 Å². The van der Waals surface area contributed by atoms with Crippen molar-refractivity contribution < 1.29 is 24.2 Å². The van der Waals surface area contributed by atoms with E-state index in [2.05, 4.69) is 15.6 Å². The Morgan fingerprint density at radius 3 is 2.72 bits per heavy atom. The second-order valence-corrected chi connectivity index (χ2v) is 7.89. The van der Waals surface area contributed by atoms with E-state index < -0.39 is 0 Å². The molecule has 0 unspecified atom stereocenters. The van der Waals surface area contributed by atoms with E-state index in [-0.39, 0.29) is 37.5 Å². The Bertz CT molecular complexity index is 1100. The zero-order valence-corrected chi connectivity index (χ0v) is 17.9. The predicted molar refractivity (Wildman–Crippen MR) is 118 cm³/mol. The number of hydrogen-bond donors (Lipinski definition) is 3. The van der Waals surface area contributed by atoms with Crippen molar-refractivity contribution in [2.45, 2.75) is 24.9 Å². The van der Waals surface area contributed by atoms with E-state index in [9.17, 15) is 14.7 Å². The Morgan fingerprint density at radius 1 is 1.09 bits per heavy atom. The zero-order valence-electron chi connectivity index (χ0n) is 17.1. The molecule has 4 rings (SSSR count). The van der Waals surface area contributed by atoms with Crippen molar-refractivity contribution in [1.82, 2.24) is 14.9 Å². The Hall–Kier alpha value is -3.50. The van der Waals surface area contributed by atoms with Crippen molar-refractivity contribution in [1.29, 1.82) is 0 Å². The molecule has 0 bridgehead atoms. The number of amides is 2. The lowest BCUT2D eigenvalue weighted by Crippen LogP contribution is -2.28. The van der Waals surface area contributed by atoms with Crippen LogP contribution in [0.3, 0.4) is 0 Å². The molecule has 0 radical (unpaired) electrons. The third-order valence-corrected chi connectivity index (χ3v) is 5.68. The number of aromatic nitrogens is 2. The number of nitrogens with one attached hydrogen (secondary N) is 2. The number of aliphatic hydroxyl groups excluding tert-OH is 1. The summed E-state index contributed by atoms with van der Waals surface area (Å²) in [6.07, 6.45) is 1.50. The van der Waals surface area contributed by atoms with Gasteiger partial charge in [-0.2, -0.15) is 0 Å². The number of rotatable bonds is 9. The summed E-state index contributed by atoms with van der Waals surface area (Å²) in [6.45, 7) is 0.304. The molecule has 0 saturated carbocycles. The van der Waals surface area contributed by atoms with Crippen molar-refractivity contribution in [3.63, 3.8) is 0 Å². The fourth-order valence-corrected chi connectivity index (χ4v) is 3.90. The molecular weight excluding hydrogens is 432 g/mol. The fraction of sp³-hybridized carbons (Fsp3) is 0.227. The average Bonchev–Trinajstić information content (AvgIpc) is 3.43. The highest BCUT2D eigenvalue weighted by atomic mass is 32.2. The first-order valence-electron chi connectivity index (χ1n) is 9.90. The summed E-state index contributed by atoms with van der Waals surface area (Å²) in [5, 5.41) is 15.7. The van der Waals surface area contributed by atoms with E-state index in [0.717, 1.165) is 5.56 Å². The summed E-state index contributed by atoms with van der Waals surface area (Å²) in [4.78, 5) is 29.1. The highest BCUT2D eigenvalue weighted by molar-refractivity contribution is 7.99. The van der Waals surface area contributed by atoms with Crippen molar-refractivity contribution in [3.05, 3.63) is 66.0 Å². The summed E-state index contributed by atoms with van der Waals surface area (Å²) in [5.74, 6) is 0.861. The van der Waals surface area contributed by atoms with Gasteiger partial charge in [-0.1, -0.05) is 42.1 Å². The van der Waals surface area contributed by atoms with Gasteiger partial charge in [0.25, 0.3) is 0 Å². The summed E-state index contributed by atoms with van der Waals surface area (Å²) in [6, 6.07) is 14.8. The molecule has 10 heteroatoms. The van der Waals surface area contributed by atoms with Crippen LogP contribution in [0.4, 0.5) is 5.69 Å². The number of benzene rings is 2. The number of anilines is 1. The standard InChI is InChI=1S/C22H22N4O5S/c27-12-17-10-24-22(26(17)11-20(28)23-9-15-4-2-1-3-5-15)32-13-21(29)25-16-6-7-18-19(8-16)31-14-30-18/h1-8,10,27H,9,11-14H2,(H,23,28)(H,25,29). The van der Waals surface area contributed by atoms with Gasteiger partial charge in [0.05, 0.1) is 24.3 Å². The van der Waals surface area contributed by atoms with E-state index in [0.29, 0.717) is 34.6 Å². The molecule has 3 N–H and O–H groups in total. The van der Waals surface area contributed by atoms with Crippen LogP contribution in [-0.4, -0.2) is 39.0 Å². The summed E-state index contributed by atoms with van der Waals surface area (Å²) in [5.41, 5.74) is 2.08. The van der Waals surface area contributed by atoms with Gasteiger partial charge in [0.1, 0.15) is 6.54 Å². The predicted octanol–water partition coefficient (Wildman–Crippen LogP) is 2.15. The van der Waals surface area contributed by atoms with Gasteiger partial charge in [-0.15, -0.1) is 0 Å². The molecule has 1 aliphatic rings. The minimum Gasteiger partial charge on any atom is -0.454 e. The van der Waals surface area contributed by atoms with Crippen LogP contribution in [0.5, 0.6) is 11.5 Å². The Labute approximate surface area is 188 Å². The molecule has 0 saturated heterocycles. The monoisotopic (exact) mass is 454 g/mol. The molecule has 0 aliphatic carbocycles. The number of carbonyl (C=O) groups is 2. The van der Waals surface area contributed by atoms with Gasteiger partial charge < -0.3 is 29.8 Å². The molecule has 0 fully saturated rings. The van der Waals surface area contributed by atoms with Crippen molar-refractivity contribution in [2.24, 2.45) is 0 Å². The molecular formula is C22H22N4O5S. The molecule has 0 spiro atoms. The summed E-state index contributed by atoms with van der Waals surface area (Å²) in [7, 11) is 0. The Balaban J connectivity index is 1.33. The van der Waals surface area contributed by atoms with E-state index in [1.54, 1.807) is 22.8 Å². The minimum absolute atomic E-state index is 0.00512. The summed E-state index contributed by atoms with van der Waals surface area (Å²) >= 11 is 1.19. The van der Waals surface area contributed by atoms with Gasteiger partial charge in [0, 0.05) is 18.3 Å². The van der Waals surface area contributed by atoms with E-state index in [4.69, 9.17) is 9.47 Å². The number of fused-ring (bicyclic) bond motifs is 1. The minimum atomic E-state index is -0.261. The molecule has 32 heavy (non-hydrogen) atoms. The number of carbonyl (C=O) groups excluding carboxylic acids is 2. The molecule has 2 aromatic carbocycles. The number of nitrogens with zero attached hydrogens (tertiary/aromatic N) is 2. The third-order valence-electron chi connectivity index (χ3n) is 4.69. The topological polar surface area (TPSA) is 115 Å². The van der Waals surface area contributed by atoms with Crippen LogP contribution in [0, 0.1) is 0 Å². The third kappa shape index (κ3) is 5.40. The van der Waals surface area contributed by atoms with Crippen LogP contribution in [0.2, 0.25) is 0 Å². The van der Waals surface area contributed by atoms with E-state index >= 15 is 0 Å². The lowest BCUT2D eigenvalue weighted by molar-refractivity contribution is -0.122. The van der Waals surface area contributed by atoms with Gasteiger partial charge in [-0.3, -0.25) is 9.59 Å². The molecule has 9 nitrogen and oxygen atoms in total. The first-order chi connectivity index (χ1) is 15.6. The number of hydrogen-bond acceptors (Lipinski definition) is 7. The molecule has 2 amide bonds. The molecule has 166 valence electrons. The smallest absolute Gasteiger partial charge is 0.240 e. The lowest BCUT2D eigenvalue weighted by atomic mass is 10.2. The lowest BCUT2D eigenvalue weighted by Gasteiger charge is -2.11. The highest BCUT2D eigenvalue weighted by Gasteiger charge is 2.17. The maximum atomic E-state index is 12.4. The molecule has 1 aliphatic heterocycles. The summed E-state index contributed by atoms with van der Waals surface area (Å²) < 4.78 is 12.2. The molecule has 0 atom stereocenters. The number of thioether (sulfide) groups is 1. The van der Waals surface area contributed by atoms with Crippen LogP contribution in [0.1, 0.15) is 11.3 Å².